The van der Waals surface area contributed by atoms with E-state index >= 15 is 0 Å². The van der Waals surface area contributed by atoms with Gasteiger partial charge in [-0.2, -0.15) is 5.26 Å². The van der Waals surface area contributed by atoms with Gasteiger partial charge in [-0.25, -0.2) is 4.79 Å². The standard InChI is InChI=1S/C26H35N5O5/c1-8-17-9-11-18(12-10-17)21(22(33)30-25(2,3)4)31(16-15-27)23(34)19(13-14-20(28)32)29-24(35)36-26(5,6)7/h1,9-12,19,21H,13-14,16H2,2-7H3,(H2,28,32)(H,29,35)(H,30,33). The molecule has 0 saturated carbocycles. The maximum atomic E-state index is 13.7. The highest BCUT2D eigenvalue weighted by atomic mass is 16.6. The van der Waals surface area contributed by atoms with Gasteiger partial charge >= 0.3 is 6.09 Å². The van der Waals surface area contributed by atoms with Crippen LogP contribution in [0.1, 0.15) is 71.6 Å². The molecular formula is C26H35N5O5. The van der Waals surface area contributed by atoms with Gasteiger partial charge in [0.1, 0.15) is 24.2 Å². The summed E-state index contributed by atoms with van der Waals surface area (Å²) in [4.78, 5) is 52.0. The molecule has 0 aliphatic carbocycles. The lowest BCUT2D eigenvalue weighted by Crippen LogP contribution is -2.54. The zero-order valence-corrected chi connectivity index (χ0v) is 21.7. The molecule has 10 nitrogen and oxygen atoms in total. The van der Waals surface area contributed by atoms with Crippen molar-refractivity contribution in [1.82, 2.24) is 15.5 Å². The predicted molar refractivity (Wildman–Crippen MR) is 134 cm³/mol. The number of carbonyl (C=O) groups excluding carboxylic acids is 4. The van der Waals surface area contributed by atoms with Crippen molar-refractivity contribution in [2.45, 2.75) is 77.6 Å². The van der Waals surface area contributed by atoms with Crippen LogP contribution in [0.25, 0.3) is 0 Å². The van der Waals surface area contributed by atoms with E-state index in [0.717, 1.165) is 4.90 Å². The minimum absolute atomic E-state index is 0.154. The molecule has 2 atom stereocenters. The highest BCUT2D eigenvalue weighted by molar-refractivity contribution is 5.92. The van der Waals surface area contributed by atoms with Gasteiger partial charge in [0.05, 0.1) is 6.07 Å². The number of benzene rings is 1. The summed E-state index contributed by atoms with van der Waals surface area (Å²) in [6.07, 6.45) is 4.17. The van der Waals surface area contributed by atoms with Crippen LogP contribution in [0.2, 0.25) is 0 Å². The summed E-state index contributed by atoms with van der Waals surface area (Å²) in [5.41, 5.74) is 4.75. The summed E-state index contributed by atoms with van der Waals surface area (Å²) >= 11 is 0. The number of terminal acetylenes is 1. The van der Waals surface area contributed by atoms with Crippen LogP contribution >= 0.6 is 0 Å². The second-order valence-corrected chi connectivity index (χ2v) is 10.2. The van der Waals surface area contributed by atoms with Crippen LogP contribution in [0.5, 0.6) is 0 Å². The summed E-state index contributed by atoms with van der Waals surface area (Å²) < 4.78 is 5.25. The number of hydrogen-bond acceptors (Lipinski definition) is 6. The second-order valence-electron chi connectivity index (χ2n) is 10.2. The lowest BCUT2D eigenvalue weighted by Gasteiger charge is -2.34. The Balaban J connectivity index is 3.50. The number of nitrogens with one attached hydrogen (secondary N) is 2. The van der Waals surface area contributed by atoms with Gasteiger partial charge in [-0.1, -0.05) is 18.1 Å². The highest BCUT2D eigenvalue weighted by Crippen LogP contribution is 2.24. The molecule has 4 amide bonds. The number of nitrogens with zero attached hydrogens (tertiary/aromatic N) is 2. The van der Waals surface area contributed by atoms with E-state index in [2.05, 4.69) is 16.6 Å². The first-order valence-corrected chi connectivity index (χ1v) is 11.4. The number of rotatable bonds is 9. The average molecular weight is 498 g/mol. The first-order valence-electron chi connectivity index (χ1n) is 11.4. The van der Waals surface area contributed by atoms with Crippen molar-refractivity contribution in [3.63, 3.8) is 0 Å². The molecule has 0 aromatic heterocycles. The van der Waals surface area contributed by atoms with E-state index in [1.807, 2.05) is 6.07 Å². The molecule has 194 valence electrons. The molecule has 2 unspecified atom stereocenters. The summed E-state index contributed by atoms with van der Waals surface area (Å²) in [5, 5.41) is 14.8. The molecule has 0 aliphatic heterocycles. The Labute approximate surface area is 212 Å². The Morgan fingerprint density at radius 1 is 1.11 bits per heavy atom. The van der Waals surface area contributed by atoms with Crippen LogP contribution in [-0.4, -0.2) is 52.4 Å². The first kappa shape index (κ1) is 30.0. The number of nitrogens with two attached hydrogens (primary N) is 1. The third kappa shape index (κ3) is 10.1. The van der Waals surface area contributed by atoms with E-state index in [1.165, 1.54) is 0 Å². The number of carbonyl (C=O) groups is 4. The van der Waals surface area contributed by atoms with Gasteiger partial charge in [0.15, 0.2) is 0 Å². The van der Waals surface area contributed by atoms with Crippen molar-refractivity contribution in [3.8, 4) is 18.4 Å². The summed E-state index contributed by atoms with van der Waals surface area (Å²) in [6.45, 7) is 9.82. The minimum atomic E-state index is -1.28. The van der Waals surface area contributed by atoms with Crippen molar-refractivity contribution in [3.05, 3.63) is 35.4 Å². The Kier molecular flexibility index (Phi) is 10.5. The molecule has 36 heavy (non-hydrogen) atoms. The Bertz CT molecular complexity index is 1040. The first-order chi connectivity index (χ1) is 16.6. The normalized spacial score (nSPS) is 12.8. The molecule has 4 N–H and O–H groups in total. The lowest BCUT2D eigenvalue weighted by molar-refractivity contribution is -0.142. The summed E-state index contributed by atoms with van der Waals surface area (Å²) in [7, 11) is 0. The Morgan fingerprint density at radius 2 is 1.69 bits per heavy atom. The summed E-state index contributed by atoms with van der Waals surface area (Å²) in [6, 6.07) is 5.83. The lowest BCUT2D eigenvalue weighted by atomic mass is 9.99. The Morgan fingerprint density at radius 3 is 2.14 bits per heavy atom. The van der Waals surface area contributed by atoms with E-state index in [4.69, 9.17) is 16.9 Å². The van der Waals surface area contributed by atoms with Crippen LogP contribution in [0.3, 0.4) is 0 Å². The molecule has 0 spiro atoms. The number of ether oxygens (including phenoxy) is 1. The van der Waals surface area contributed by atoms with Gasteiger partial charge in [0.2, 0.25) is 17.7 Å². The minimum Gasteiger partial charge on any atom is -0.444 e. The SMILES string of the molecule is C#Cc1ccc(C(C(=O)NC(C)(C)C)N(CC#N)C(=O)C(CCC(N)=O)NC(=O)OC(C)(C)C)cc1. The third-order valence-corrected chi connectivity index (χ3v) is 4.64. The average Bonchev–Trinajstić information content (AvgIpc) is 2.73. The van der Waals surface area contributed by atoms with Crippen LogP contribution < -0.4 is 16.4 Å². The maximum absolute atomic E-state index is 13.7. The molecule has 1 rings (SSSR count). The number of primary amides is 1. The van der Waals surface area contributed by atoms with Crippen LogP contribution in [0.15, 0.2) is 24.3 Å². The maximum Gasteiger partial charge on any atom is 0.408 e. The number of hydrogen-bond donors (Lipinski definition) is 3. The number of amides is 4. The largest absolute Gasteiger partial charge is 0.444 e. The van der Waals surface area contributed by atoms with Crippen molar-refractivity contribution in [2.75, 3.05) is 6.54 Å². The van der Waals surface area contributed by atoms with E-state index in [1.54, 1.807) is 65.8 Å². The van der Waals surface area contributed by atoms with Gasteiger partial charge < -0.3 is 26.0 Å². The molecule has 1 aromatic rings. The van der Waals surface area contributed by atoms with Crippen molar-refractivity contribution in [2.24, 2.45) is 5.73 Å². The molecule has 1 aromatic carbocycles. The fraction of sp³-hybridized carbons (Fsp3) is 0.500. The molecule has 10 heteroatoms. The smallest absolute Gasteiger partial charge is 0.408 e. The predicted octanol–water partition coefficient (Wildman–Crippen LogP) is 2.13. The van der Waals surface area contributed by atoms with Crippen LogP contribution in [0, 0.1) is 23.7 Å². The zero-order valence-electron chi connectivity index (χ0n) is 21.7. The fourth-order valence-electron chi connectivity index (χ4n) is 3.24. The fourth-order valence-corrected chi connectivity index (χ4v) is 3.24. The van der Waals surface area contributed by atoms with Gasteiger partial charge in [0, 0.05) is 17.5 Å². The second kappa shape index (κ2) is 12.6. The number of alkyl carbamates (subject to hydrolysis) is 1. The van der Waals surface area contributed by atoms with Gasteiger partial charge in [-0.3, -0.25) is 14.4 Å². The zero-order chi connectivity index (χ0) is 27.7. The van der Waals surface area contributed by atoms with Crippen molar-refractivity contribution < 1.29 is 23.9 Å². The highest BCUT2D eigenvalue weighted by Gasteiger charge is 2.37. The molecule has 0 aliphatic rings. The van der Waals surface area contributed by atoms with E-state index < -0.39 is 53.6 Å². The number of nitriles is 1. The quantitative estimate of drug-likeness (QED) is 0.351. The van der Waals surface area contributed by atoms with E-state index in [9.17, 15) is 24.4 Å². The molecule has 0 saturated heterocycles. The summed E-state index contributed by atoms with van der Waals surface area (Å²) in [5.74, 6) is 0.514. The molecule has 0 heterocycles. The molecule has 0 fully saturated rings. The molecule has 0 bridgehead atoms. The molecular weight excluding hydrogens is 462 g/mol. The van der Waals surface area contributed by atoms with Crippen LogP contribution in [0.4, 0.5) is 4.79 Å². The monoisotopic (exact) mass is 497 g/mol. The van der Waals surface area contributed by atoms with Gasteiger partial charge in [0.25, 0.3) is 0 Å². The van der Waals surface area contributed by atoms with E-state index in [-0.39, 0.29) is 12.8 Å². The van der Waals surface area contributed by atoms with Crippen molar-refractivity contribution >= 4 is 23.8 Å². The third-order valence-electron chi connectivity index (χ3n) is 4.64. The topological polar surface area (TPSA) is 155 Å². The van der Waals surface area contributed by atoms with Gasteiger partial charge in [-0.15, -0.1) is 6.42 Å². The van der Waals surface area contributed by atoms with E-state index in [0.29, 0.717) is 11.1 Å². The molecule has 0 radical (unpaired) electrons. The van der Waals surface area contributed by atoms with Gasteiger partial charge in [-0.05, 0) is 65.7 Å². The van der Waals surface area contributed by atoms with Crippen LogP contribution in [-0.2, 0) is 19.1 Å². The van der Waals surface area contributed by atoms with Crippen molar-refractivity contribution in [1.29, 1.82) is 5.26 Å². The Hall–Kier alpha value is -4.05.